The Morgan fingerprint density at radius 2 is 1.86 bits per heavy atom. The molecule has 0 saturated carbocycles. The molecule has 2 aromatic carbocycles. The van der Waals surface area contributed by atoms with Crippen molar-refractivity contribution in [1.29, 1.82) is 0 Å². The summed E-state index contributed by atoms with van der Waals surface area (Å²) in [5, 5.41) is 4.25. The summed E-state index contributed by atoms with van der Waals surface area (Å²) < 4.78 is 5.22. The number of hydrogen-bond donors (Lipinski definition) is 1. The Kier molecular flexibility index (Phi) is 6.06. The summed E-state index contributed by atoms with van der Waals surface area (Å²) in [6.07, 6.45) is 0. The summed E-state index contributed by atoms with van der Waals surface area (Å²) >= 11 is 12.0. The zero-order valence-corrected chi connectivity index (χ0v) is 12.5. The lowest BCUT2D eigenvalue weighted by Crippen LogP contribution is -1.99. The standard InChI is InChI=1S/C15H13Cl2NO2.CH4/c1-9(19)12-5-4-11(8-15(12)20-2)18-14-6-3-10(16)7-13(14)17;/h3-8,18H,1-2H3;1H4. The number of rotatable bonds is 4. The van der Waals surface area contributed by atoms with Gasteiger partial charge < -0.3 is 10.1 Å². The van der Waals surface area contributed by atoms with E-state index in [9.17, 15) is 4.79 Å². The second-order valence-electron chi connectivity index (χ2n) is 4.22. The number of anilines is 2. The first-order valence-electron chi connectivity index (χ1n) is 5.92. The van der Waals surface area contributed by atoms with Gasteiger partial charge in [0.1, 0.15) is 5.75 Å². The van der Waals surface area contributed by atoms with E-state index in [1.54, 1.807) is 36.4 Å². The smallest absolute Gasteiger partial charge is 0.163 e. The van der Waals surface area contributed by atoms with Crippen molar-refractivity contribution in [1.82, 2.24) is 0 Å². The fraction of sp³-hybridized carbons (Fsp3) is 0.188. The zero-order valence-electron chi connectivity index (χ0n) is 11.0. The SMILES string of the molecule is C.COc1cc(Nc2ccc(Cl)cc2Cl)ccc1C(C)=O. The first kappa shape index (κ1) is 17.3. The molecule has 0 bridgehead atoms. The third kappa shape index (κ3) is 4.13. The Morgan fingerprint density at radius 1 is 1.14 bits per heavy atom. The van der Waals surface area contributed by atoms with Crippen molar-refractivity contribution in [2.24, 2.45) is 0 Å². The second-order valence-corrected chi connectivity index (χ2v) is 5.06. The van der Waals surface area contributed by atoms with Gasteiger partial charge in [-0.05, 0) is 37.3 Å². The third-order valence-corrected chi connectivity index (χ3v) is 3.34. The predicted molar refractivity (Wildman–Crippen MR) is 89.5 cm³/mol. The van der Waals surface area contributed by atoms with Crippen LogP contribution >= 0.6 is 23.2 Å². The highest BCUT2D eigenvalue weighted by atomic mass is 35.5. The minimum absolute atomic E-state index is 0. The molecule has 0 unspecified atom stereocenters. The molecular formula is C16H17Cl2NO2. The van der Waals surface area contributed by atoms with Gasteiger partial charge in [0.05, 0.1) is 23.4 Å². The van der Waals surface area contributed by atoms with Crippen LogP contribution in [0.3, 0.4) is 0 Å². The number of carbonyl (C=O) groups excluding carboxylic acids is 1. The van der Waals surface area contributed by atoms with E-state index in [1.807, 2.05) is 0 Å². The van der Waals surface area contributed by atoms with Crippen LogP contribution in [-0.2, 0) is 0 Å². The van der Waals surface area contributed by atoms with Gasteiger partial charge in [0.2, 0.25) is 0 Å². The molecule has 0 aromatic heterocycles. The number of carbonyl (C=O) groups is 1. The fourth-order valence-corrected chi connectivity index (χ4v) is 2.26. The van der Waals surface area contributed by atoms with Gasteiger partial charge in [0.25, 0.3) is 0 Å². The maximum atomic E-state index is 11.5. The van der Waals surface area contributed by atoms with Crippen molar-refractivity contribution < 1.29 is 9.53 Å². The molecule has 2 rings (SSSR count). The minimum atomic E-state index is -0.0436. The van der Waals surface area contributed by atoms with E-state index in [4.69, 9.17) is 27.9 Å². The molecule has 0 aliphatic rings. The summed E-state index contributed by atoms with van der Waals surface area (Å²) in [7, 11) is 1.53. The lowest BCUT2D eigenvalue weighted by atomic mass is 10.1. The molecule has 5 heteroatoms. The summed E-state index contributed by atoms with van der Waals surface area (Å²) in [5.41, 5.74) is 2.05. The number of nitrogens with one attached hydrogen (secondary N) is 1. The van der Waals surface area contributed by atoms with Crippen molar-refractivity contribution >= 4 is 40.4 Å². The van der Waals surface area contributed by atoms with Gasteiger partial charge in [0.15, 0.2) is 5.78 Å². The molecule has 3 nitrogen and oxygen atoms in total. The van der Waals surface area contributed by atoms with E-state index < -0.39 is 0 Å². The summed E-state index contributed by atoms with van der Waals surface area (Å²) in [6.45, 7) is 1.50. The number of halogens is 2. The van der Waals surface area contributed by atoms with Crippen LogP contribution in [-0.4, -0.2) is 12.9 Å². The molecule has 0 saturated heterocycles. The van der Waals surface area contributed by atoms with E-state index in [0.29, 0.717) is 21.4 Å². The maximum absolute atomic E-state index is 11.5. The monoisotopic (exact) mass is 325 g/mol. The summed E-state index contributed by atoms with van der Waals surface area (Å²) in [6, 6.07) is 10.5. The third-order valence-electron chi connectivity index (χ3n) is 2.79. The molecule has 21 heavy (non-hydrogen) atoms. The molecule has 0 radical (unpaired) electrons. The number of methoxy groups -OCH3 is 1. The number of hydrogen-bond acceptors (Lipinski definition) is 3. The van der Waals surface area contributed by atoms with Gasteiger partial charge in [-0.15, -0.1) is 0 Å². The molecule has 1 N–H and O–H groups in total. The van der Waals surface area contributed by atoms with E-state index in [-0.39, 0.29) is 13.2 Å². The van der Waals surface area contributed by atoms with Gasteiger partial charge in [-0.3, -0.25) is 4.79 Å². The number of Topliss-reactive ketones (excluding diaryl/α,β-unsaturated/α-hetero) is 1. The maximum Gasteiger partial charge on any atom is 0.163 e. The van der Waals surface area contributed by atoms with Crippen LogP contribution in [0.1, 0.15) is 24.7 Å². The molecule has 2 aromatic rings. The van der Waals surface area contributed by atoms with Crippen LogP contribution in [0, 0.1) is 0 Å². The van der Waals surface area contributed by atoms with Crippen LogP contribution in [0.25, 0.3) is 0 Å². The highest BCUT2D eigenvalue weighted by Gasteiger charge is 2.09. The summed E-state index contributed by atoms with van der Waals surface area (Å²) in [4.78, 5) is 11.5. The zero-order chi connectivity index (χ0) is 14.7. The number of ether oxygens (including phenoxy) is 1. The average Bonchev–Trinajstić information content (AvgIpc) is 2.41. The Morgan fingerprint density at radius 3 is 2.43 bits per heavy atom. The number of benzene rings is 2. The lowest BCUT2D eigenvalue weighted by molar-refractivity contribution is 0.101. The highest BCUT2D eigenvalue weighted by molar-refractivity contribution is 6.36. The molecule has 112 valence electrons. The second kappa shape index (κ2) is 7.34. The molecule has 0 spiro atoms. The fourth-order valence-electron chi connectivity index (χ4n) is 1.81. The van der Waals surface area contributed by atoms with Gasteiger partial charge in [-0.25, -0.2) is 0 Å². The van der Waals surface area contributed by atoms with E-state index in [1.165, 1.54) is 14.0 Å². The van der Waals surface area contributed by atoms with Crippen molar-refractivity contribution in [3.8, 4) is 5.75 Å². The highest BCUT2D eigenvalue weighted by Crippen LogP contribution is 2.30. The van der Waals surface area contributed by atoms with E-state index in [0.717, 1.165) is 11.4 Å². The minimum Gasteiger partial charge on any atom is -0.496 e. The Hall–Kier alpha value is -1.71. The topological polar surface area (TPSA) is 38.3 Å². The van der Waals surface area contributed by atoms with Crippen LogP contribution in [0.15, 0.2) is 36.4 Å². The molecule has 0 atom stereocenters. The molecule has 0 heterocycles. The lowest BCUT2D eigenvalue weighted by Gasteiger charge is -2.12. The van der Waals surface area contributed by atoms with Crippen LogP contribution in [0.2, 0.25) is 10.0 Å². The van der Waals surface area contributed by atoms with Gasteiger partial charge >= 0.3 is 0 Å². The van der Waals surface area contributed by atoms with E-state index in [2.05, 4.69) is 5.32 Å². The van der Waals surface area contributed by atoms with Crippen LogP contribution in [0.5, 0.6) is 5.75 Å². The first-order valence-corrected chi connectivity index (χ1v) is 6.68. The van der Waals surface area contributed by atoms with Gasteiger partial charge in [-0.2, -0.15) is 0 Å². The average molecular weight is 326 g/mol. The normalized spacial score (nSPS) is 9.71. The number of ketones is 1. The summed E-state index contributed by atoms with van der Waals surface area (Å²) in [5.74, 6) is 0.477. The molecular weight excluding hydrogens is 309 g/mol. The van der Waals surface area contributed by atoms with Crippen molar-refractivity contribution in [2.75, 3.05) is 12.4 Å². The van der Waals surface area contributed by atoms with Crippen molar-refractivity contribution in [2.45, 2.75) is 14.4 Å². The quantitative estimate of drug-likeness (QED) is 0.745. The largest absolute Gasteiger partial charge is 0.496 e. The van der Waals surface area contributed by atoms with Crippen LogP contribution < -0.4 is 10.1 Å². The van der Waals surface area contributed by atoms with Crippen molar-refractivity contribution in [3.05, 3.63) is 52.0 Å². The molecule has 0 amide bonds. The predicted octanol–water partition coefficient (Wildman–Crippen LogP) is 5.58. The first-order chi connectivity index (χ1) is 9.51. The van der Waals surface area contributed by atoms with Crippen molar-refractivity contribution in [3.63, 3.8) is 0 Å². The van der Waals surface area contributed by atoms with Gasteiger partial charge in [0, 0.05) is 16.8 Å². The molecule has 0 aliphatic heterocycles. The van der Waals surface area contributed by atoms with Crippen LogP contribution in [0.4, 0.5) is 11.4 Å². The van der Waals surface area contributed by atoms with E-state index >= 15 is 0 Å². The Balaban J connectivity index is 0.00000220. The molecule has 0 fully saturated rings. The van der Waals surface area contributed by atoms with Gasteiger partial charge in [-0.1, -0.05) is 30.6 Å². The molecule has 0 aliphatic carbocycles. The Labute approximate surface area is 134 Å². The Bertz CT molecular complexity index is 657.